The Balaban J connectivity index is 2.21. The Bertz CT molecular complexity index is 552. The maximum Gasteiger partial charge on any atom is 0.152 e. The van der Waals surface area contributed by atoms with Crippen molar-refractivity contribution in [1.29, 1.82) is 0 Å². The average molecular weight is 246 g/mol. The minimum Gasteiger partial charge on any atom is -0.374 e. The van der Waals surface area contributed by atoms with Crippen LogP contribution < -0.4 is 0 Å². The molecule has 0 saturated heterocycles. The van der Waals surface area contributed by atoms with E-state index in [0.717, 1.165) is 17.3 Å². The number of aromatic nitrogens is 2. The lowest BCUT2D eigenvalue weighted by molar-refractivity contribution is -0.00650. The van der Waals surface area contributed by atoms with Gasteiger partial charge < -0.3 is 9.30 Å². The highest BCUT2D eigenvalue weighted by atomic mass is 16.5. The van der Waals surface area contributed by atoms with Gasteiger partial charge in [-0.3, -0.25) is 4.79 Å². The first-order valence-electron chi connectivity index (χ1n) is 6.04. The Morgan fingerprint density at radius 2 is 2.22 bits per heavy atom. The zero-order chi connectivity index (χ0) is 13.2. The lowest BCUT2D eigenvalue weighted by Gasteiger charge is -2.19. The smallest absolute Gasteiger partial charge is 0.152 e. The van der Waals surface area contributed by atoms with E-state index in [1.807, 2.05) is 43.7 Å². The Morgan fingerprint density at radius 3 is 2.89 bits per heavy atom. The number of fused-ring (bicyclic) bond motifs is 1. The molecule has 18 heavy (non-hydrogen) atoms. The zero-order valence-corrected chi connectivity index (χ0v) is 11.0. The van der Waals surface area contributed by atoms with E-state index in [-0.39, 0.29) is 5.60 Å². The third-order valence-electron chi connectivity index (χ3n) is 2.66. The van der Waals surface area contributed by atoms with Gasteiger partial charge in [-0.25, -0.2) is 4.98 Å². The molecule has 0 aliphatic heterocycles. The van der Waals surface area contributed by atoms with Crippen molar-refractivity contribution in [2.24, 2.45) is 0 Å². The zero-order valence-electron chi connectivity index (χ0n) is 11.0. The van der Waals surface area contributed by atoms with Crippen molar-refractivity contribution in [1.82, 2.24) is 9.55 Å². The average Bonchev–Trinajstić information content (AvgIpc) is 2.66. The van der Waals surface area contributed by atoms with Crippen LogP contribution in [0.2, 0.25) is 0 Å². The number of hydrogen-bond acceptors (Lipinski definition) is 3. The first-order valence-corrected chi connectivity index (χ1v) is 6.04. The van der Waals surface area contributed by atoms with Crippen LogP contribution in [0, 0.1) is 0 Å². The summed E-state index contributed by atoms with van der Waals surface area (Å²) < 4.78 is 7.65. The van der Waals surface area contributed by atoms with Gasteiger partial charge in [0.15, 0.2) is 6.29 Å². The molecule has 0 unspecified atom stereocenters. The highest BCUT2D eigenvalue weighted by molar-refractivity contribution is 5.95. The number of ether oxygens (including phenoxy) is 1. The highest BCUT2D eigenvalue weighted by Gasteiger charge is 2.11. The summed E-state index contributed by atoms with van der Waals surface area (Å²) in [5, 5.41) is 0.892. The van der Waals surface area contributed by atoms with E-state index in [9.17, 15) is 4.79 Å². The van der Waals surface area contributed by atoms with Crippen LogP contribution in [0.3, 0.4) is 0 Å². The predicted molar refractivity (Wildman–Crippen MR) is 70.8 cm³/mol. The van der Waals surface area contributed by atoms with Crippen LogP contribution in [0.15, 0.2) is 24.5 Å². The molecule has 0 saturated carbocycles. The molecule has 4 heteroatoms. The van der Waals surface area contributed by atoms with Gasteiger partial charge >= 0.3 is 0 Å². The Labute approximate surface area is 107 Å². The lowest BCUT2D eigenvalue weighted by atomic mass is 10.2. The Hall–Kier alpha value is -1.68. The molecule has 2 rings (SSSR count). The molecule has 0 N–H and O–H groups in total. The van der Waals surface area contributed by atoms with E-state index in [0.29, 0.717) is 18.7 Å². The van der Waals surface area contributed by atoms with Crippen molar-refractivity contribution in [2.75, 3.05) is 6.61 Å². The number of carbonyl (C=O) groups excluding carboxylic acids is 1. The number of nitrogens with zero attached hydrogens (tertiary/aromatic N) is 2. The molecule has 4 nitrogen and oxygen atoms in total. The molecule has 0 spiro atoms. The second kappa shape index (κ2) is 4.90. The Kier molecular flexibility index (Phi) is 3.48. The van der Waals surface area contributed by atoms with E-state index in [1.54, 1.807) is 6.20 Å². The van der Waals surface area contributed by atoms with E-state index >= 15 is 0 Å². The van der Waals surface area contributed by atoms with Crippen LogP contribution in [-0.4, -0.2) is 28.0 Å². The molecule has 2 heterocycles. The SMILES string of the molecule is CC(C)(C)OCCn1cc(C=O)c2cccnc21. The molecule has 0 fully saturated rings. The maximum atomic E-state index is 11.0. The van der Waals surface area contributed by atoms with Gasteiger partial charge in [0.25, 0.3) is 0 Å². The van der Waals surface area contributed by atoms with Gasteiger partial charge in [0, 0.05) is 29.9 Å². The molecule has 0 atom stereocenters. The fourth-order valence-electron chi connectivity index (χ4n) is 1.86. The molecule has 0 aliphatic rings. The molecule has 0 bridgehead atoms. The minimum absolute atomic E-state index is 0.149. The minimum atomic E-state index is -0.149. The number of carbonyl (C=O) groups is 1. The standard InChI is InChI=1S/C14H18N2O2/c1-14(2,3)18-8-7-16-9-11(10-17)12-5-4-6-15-13(12)16/h4-6,9-10H,7-8H2,1-3H3. The summed E-state index contributed by atoms with van der Waals surface area (Å²) in [5.41, 5.74) is 1.36. The third-order valence-corrected chi connectivity index (χ3v) is 2.66. The molecule has 2 aromatic rings. The van der Waals surface area contributed by atoms with Crippen molar-refractivity contribution in [2.45, 2.75) is 32.9 Å². The van der Waals surface area contributed by atoms with Crippen molar-refractivity contribution in [3.63, 3.8) is 0 Å². The number of hydrogen-bond donors (Lipinski definition) is 0. The van der Waals surface area contributed by atoms with Crippen LogP contribution in [0.4, 0.5) is 0 Å². The van der Waals surface area contributed by atoms with Gasteiger partial charge in [-0.05, 0) is 32.9 Å². The monoisotopic (exact) mass is 246 g/mol. The third kappa shape index (κ3) is 2.76. The van der Waals surface area contributed by atoms with Gasteiger partial charge in [0.1, 0.15) is 5.65 Å². The molecular formula is C14H18N2O2. The topological polar surface area (TPSA) is 44.1 Å². The summed E-state index contributed by atoms with van der Waals surface area (Å²) in [5.74, 6) is 0. The molecule has 0 radical (unpaired) electrons. The van der Waals surface area contributed by atoms with Gasteiger partial charge in [-0.2, -0.15) is 0 Å². The Morgan fingerprint density at radius 1 is 1.44 bits per heavy atom. The summed E-state index contributed by atoms with van der Waals surface area (Å²) >= 11 is 0. The van der Waals surface area contributed by atoms with E-state index in [1.165, 1.54) is 0 Å². The summed E-state index contributed by atoms with van der Waals surface area (Å²) in [7, 11) is 0. The van der Waals surface area contributed by atoms with Gasteiger partial charge in [-0.1, -0.05) is 0 Å². The second-order valence-electron chi connectivity index (χ2n) is 5.23. The van der Waals surface area contributed by atoms with E-state index in [4.69, 9.17) is 4.74 Å². The van der Waals surface area contributed by atoms with E-state index in [2.05, 4.69) is 4.98 Å². The van der Waals surface area contributed by atoms with Gasteiger partial charge in [0.05, 0.1) is 12.2 Å². The van der Waals surface area contributed by atoms with Crippen LogP contribution >= 0.6 is 0 Å². The largest absolute Gasteiger partial charge is 0.374 e. The number of pyridine rings is 1. The second-order valence-corrected chi connectivity index (χ2v) is 5.23. The molecule has 0 aliphatic carbocycles. The molecule has 0 amide bonds. The lowest BCUT2D eigenvalue weighted by Crippen LogP contribution is -2.21. The molecular weight excluding hydrogens is 228 g/mol. The number of rotatable bonds is 4. The van der Waals surface area contributed by atoms with Gasteiger partial charge in [-0.15, -0.1) is 0 Å². The van der Waals surface area contributed by atoms with Crippen LogP contribution in [0.5, 0.6) is 0 Å². The fourth-order valence-corrected chi connectivity index (χ4v) is 1.86. The van der Waals surface area contributed by atoms with Crippen LogP contribution in [0.25, 0.3) is 11.0 Å². The first-order chi connectivity index (χ1) is 8.51. The quantitative estimate of drug-likeness (QED) is 0.779. The van der Waals surface area contributed by atoms with Crippen molar-refractivity contribution in [3.05, 3.63) is 30.1 Å². The summed E-state index contributed by atoms with van der Waals surface area (Å²) in [6.07, 6.45) is 4.43. The summed E-state index contributed by atoms with van der Waals surface area (Å²) in [6, 6.07) is 3.75. The predicted octanol–water partition coefficient (Wildman–Crippen LogP) is 2.66. The fraction of sp³-hybridized carbons (Fsp3) is 0.429. The van der Waals surface area contributed by atoms with E-state index < -0.39 is 0 Å². The van der Waals surface area contributed by atoms with Gasteiger partial charge in [0.2, 0.25) is 0 Å². The molecule has 0 aromatic carbocycles. The number of aldehydes is 1. The van der Waals surface area contributed by atoms with Crippen molar-refractivity contribution >= 4 is 17.3 Å². The van der Waals surface area contributed by atoms with Crippen molar-refractivity contribution in [3.8, 4) is 0 Å². The molecule has 2 aromatic heterocycles. The normalized spacial score (nSPS) is 11.9. The molecule has 96 valence electrons. The summed E-state index contributed by atoms with van der Waals surface area (Å²) in [6.45, 7) is 7.36. The highest BCUT2D eigenvalue weighted by Crippen LogP contribution is 2.18. The van der Waals surface area contributed by atoms with Crippen LogP contribution in [0.1, 0.15) is 31.1 Å². The van der Waals surface area contributed by atoms with Crippen molar-refractivity contribution < 1.29 is 9.53 Å². The van der Waals surface area contributed by atoms with Crippen LogP contribution in [-0.2, 0) is 11.3 Å². The maximum absolute atomic E-state index is 11.0. The first kappa shape index (κ1) is 12.8. The summed E-state index contributed by atoms with van der Waals surface area (Å²) in [4.78, 5) is 15.3.